The van der Waals surface area contributed by atoms with E-state index < -0.39 is 10.8 Å². The summed E-state index contributed by atoms with van der Waals surface area (Å²) in [6.45, 7) is 1.96. The maximum atomic E-state index is 12.5. The van der Waals surface area contributed by atoms with Gasteiger partial charge < -0.3 is 15.4 Å². The minimum absolute atomic E-state index is 0.0110. The van der Waals surface area contributed by atoms with E-state index in [1.54, 1.807) is 55.5 Å². The van der Waals surface area contributed by atoms with Crippen LogP contribution in [0.2, 0.25) is 0 Å². The van der Waals surface area contributed by atoms with Crippen molar-refractivity contribution < 1.29 is 19.2 Å². The molecule has 0 spiro atoms. The van der Waals surface area contributed by atoms with Crippen molar-refractivity contribution in [3.05, 3.63) is 94.0 Å². The van der Waals surface area contributed by atoms with Crippen LogP contribution in [-0.2, 0) is 0 Å². The Bertz CT molecular complexity index is 1200. The third kappa shape index (κ3) is 6.34. The fourth-order valence-corrected chi connectivity index (χ4v) is 3.09. The summed E-state index contributed by atoms with van der Waals surface area (Å²) in [7, 11) is 0. The van der Waals surface area contributed by atoms with Crippen LogP contribution in [-0.4, -0.2) is 28.5 Å². The van der Waals surface area contributed by atoms with E-state index in [9.17, 15) is 19.7 Å². The molecule has 33 heavy (non-hydrogen) atoms. The van der Waals surface area contributed by atoms with E-state index in [0.717, 1.165) is 6.07 Å². The first-order valence-electron chi connectivity index (χ1n) is 9.87. The summed E-state index contributed by atoms with van der Waals surface area (Å²) in [5.74, 6) is -0.804. The number of benzene rings is 3. The van der Waals surface area contributed by atoms with E-state index in [4.69, 9.17) is 17.0 Å². The van der Waals surface area contributed by atoms with Gasteiger partial charge in [0.15, 0.2) is 10.9 Å². The molecule has 9 nitrogen and oxygen atoms in total. The Balaban J connectivity index is 1.64. The van der Waals surface area contributed by atoms with Crippen LogP contribution in [0.3, 0.4) is 0 Å². The van der Waals surface area contributed by atoms with Crippen LogP contribution >= 0.6 is 12.2 Å². The molecule has 168 valence electrons. The van der Waals surface area contributed by atoms with Gasteiger partial charge in [-0.2, -0.15) is 0 Å². The summed E-state index contributed by atoms with van der Waals surface area (Å²) in [5.41, 5.74) is 1.32. The number of hydrogen-bond donors (Lipinski definition) is 3. The molecule has 0 fully saturated rings. The molecule has 0 atom stereocenters. The number of nitro groups is 1. The van der Waals surface area contributed by atoms with Gasteiger partial charge >= 0.3 is 5.69 Å². The molecule has 0 unspecified atom stereocenters. The molecule has 0 saturated carbocycles. The number of carbonyl (C=O) groups is 2. The Kier molecular flexibility index (Phi) is 7.66. The normalized spacial score (nSPS) is 10.1. The summed E-state index contributed by atoms with van der Waals surface area (Å²) in [6, 6.07) is 19.5. The van der Waals surface area contributed by atoms with Crippen molar-refractivity contribution in [1.82, 2.24) is 5.32 Å². The molecular formula is C23H20N4O5S. The maximum Gasteiger partial charge on any atom is 0.311 e. The van der Waals surface area contributed by atoms with Crippen LogP contribution in [0.4, 0.5) is 17.1 Å². The lowest BCUT2D eigenvalue weighted by Crippen LogP contribution is -2.34. The Morgan fingerprint density at radius 3 is 2.27 bits per heavy atom. The summed E-state index contributed by atoms with van der Waals surface area (Å²) < 4.78 is 5.22. The van der Waals surface area contributed by atoms with Crippen LogP contribution in [0.1, 0.15) is 27.6 Å². The molecule has 3 rings (SSSR count). The van der Waals surface area contributed by atoms with Crippen molar-refractivity contribution in [2.75, 3.05) is 17.2 Å². The minimum atomic E-state index is -0.618. The zero-order chi connectivity index (χ0) is 23.8. The molecular weight excluding hydrogens is 444 g/mol. The van der Waals surface area contributed by atoms with Gasteiger partial charge in [-0.25, -0.2) is 0 Å². The van der Waals surface area contributed by atoms with E-state index in [1.165, 1.54) is 12.1 Å². The summed E-state index contributed by atoms with van der Waals surface area (Å²) in [4.78, 5) is 35.5. The van der Waals surface area contributed by atoms with Crippen molar-refractivity contribution in [3.63, 3.8) is 0 Å². The molecule has 3 N–H and O–H groups in total. The van der Waals surface area contributed by atoms with Gasteiger partial charge in [0.05, 0.1) is 11.5 Å². The molecule has 0 aromatic heterocycles. The Labute approximate surface area is 194 Å². The molecule has 0 bridgehead atoms. The lowest BCUT2D eigenvalue weighted by atomic mass is 10.1. The first-order chi connectivity index (χ1) is 15.9. The van der Waals surface area contributed by atoms with Gasteiger partial charge in [0, 0.05) is 28.6 Å². The number of nitrogens with zero attached hydrogens (tertiary/aromatic N) is 1. The molecule has 2 amide bonds. The number of rotatable bonds is 7. The second-order valence-electron chi connectivity index (χ2n) is 6.68. The molecule has 0 aliphatic heterocycles. The standard InChI is InChI=1S/C23H20N4O5S/c1-2-32-20-12-11-16(13-19(20)27(30)31)22(29)26-23(33)25-18-10-6-9-17(14-18)24-21(28)15-7-4-3-5-8-15/h3-14H,2H2,1H3,(H,24,28)(H2,25,26,29,33). The number of nitrogens with one attached hydrogen (secondary N) is 3. The largest absolute Gasteiger partial charge is 0.487 e. The number of amides is 2. The molecule has 0 radical (unpaired) electrons. The topological polar surface area (TPSA) is 123 Å². The van der Waals surface area contributed by atoms with Crippen molar-refractivity contribution in [2.45, 2.75) is 6.92 Å². The van der Waals surface area contributed by atoms with Gasteiger partial charge in [0.25, 0.3) is 11.8 Å². The Morgan fingerprint density at radius 2 is 1.61 bits per heavy atom. The SMILES string of the molecule is CCOc1ccc(C(=O)NC(=S)Nc2cccc(NC(=O)c3ccccc3)c2)cc1[N+](=O)[O-]. The van der Waals surface area contributed by atoms with Crippen LogP contribution < -0.4 is 20.7 Å². The number of thiocarbonyl (C=S) groups is 1. The molecule has 0 saturated heterocycles. The van der Waals surface area contributed by atoms with Gasteiger partial charge in [0.1, 0.15) is 0 Å². The van der Waals surface area contributed by atoms with Gasteiger partial charge in [-0.3, -0.25) is 25.0 Å². The monoisotopic (exact) mass is 464 g/mol. The van der Waals surface area contributed by atoms with Crippen molar-refractivity contribution in [2.24, 2.45) is 0 Å². The number of hydrogen-bond acceptors (Lipinski definition) is 6. The van der Waals surface area contributed by atoms with Gasteiger partial charge in [-0.1, -0.05) is 24.3 Å². The maximum absolute atomic E-state index is 12.5. The lowest BCUT2D eigenvalue weighted by molar-refractivity contribution is -0.385. The zero-order valence-electron chi connectivity index (χ0n) is 17.5. The van der Waals surface area contributed by atoms with Crippen LogP contribution in [0.15, 0.2) is 72.8 Å². The van der Waals surface area contributed by atoms with E-state index in [-0.39, 0.29) is 34.6 Å². The average molecular weight is 465 g/mol. The second-order valence-corrected chi connectivity index (χ2v) is 7.09. The summed E-state index contributed by atoms with van der Waals surface area (Å²) in [5, 5.41) is 19.4. The number of anilines is 2. The predicted octanol–water partition coefficient (Wildman–Crippen LogP) is 4.37. The number of ether oxygens (including phenoxy) is 1. The second kappa shape index (κ2) is 10.8. The van der Waals surface area contributed by atoms with Gasteiger partial charge in [-0.15, -0.1) is 0 Å². The number of nitro benzene ring substituents is 1. The highest BCUT2D eigenvalue weighted by atomic mass is 32.1. The van der Waals surface area contributed by atoms with Crippen molar-refractivity contribution in [1.29, 1.82) is 0 Å². The lowest BCUT2D eigenvalue weighted by Gasteiger charge is -2.12. The highest BCUT2D eigenvalue weighted by Gasteiger charge is 2.19. The highest BCUT2D eigenvalue weighted by molar-refractivity contribution is 7.80. The fraction of sp³-hybridized carbons (Fsp3) is 0.0870. The van der Waals surface area contributed by atoms with Crippen LogP contribution in [0.5, 0.6) is 5.75 Å². The first-order valence-corrected chi connectivity index (χ1v) is 10.3. The molecule has 0 aliphatic carbocycles. The predicted molar refractivity (Wildman–Crippen MR) is 129 cm³/mol. The first kappa shape index (κ1) is 23.4. The number of carbonyl (C=O) groups excluding carboxylic acids is 2. The van der Waals surface area contributed by atoms with E-state index >= 15 is 0 Å². The Hall–Kier alpha value is -4.31. The van der Waals surface area contributed by atoms with E-state index in [0.29, 0.717) is 16.9 Å². The van der Waals surface area contributed by atoms with Gasteiger partial charge in [0.2, 0.25) is 0 Å². The van der Waals surface area contributed by atoms with Crippen molar-refractivity contribution >= 4 is 46.2 Å². The molecule has 3 aromatic carbocycles. The third-order valence-electron chi connectivity index (χ3n) is 4.36. The smallest absolute Gasteiger partial charge is 0.311 e. The molecule has 0 heterocycles. The average Bonchev–Trinajstić information content (AvgIpc) is 2.80. The minimum Gasteiger partial charge on any atom is -0.487 e. The van der Waals surface area contributed by atoms with Crippen LogP contribution in [0, 0.1) is 10.1 Å². The third-order valence-corrected chi connectivity index (χ3v) is 4.56. The quantitative estimate of drug-likeness (QED) is 0.269. The van der Waals surface area contributed by atoms with Crippen LogP contribution in [0.25, 0.3) is 0 Å². The fourth-order valence-electron chi connectivity index (χ4n) is 2.88. The van der Waals surface area contributed by atoms with E-state index in [2.05, 4.69) is 16.0 Å². The summed E-state index contributed by atoms with van der Waals surface area (Å²) in [6.07, 6.45) is 0. The van der Waals surface area contributed by atoms with Crippen molar-refractivity contribution in [3.8, 4) is 5.75 Å². The highest BCUT2D eigenvalue weighted by Crippen LogP contribution is 2.28. The summed E-state index contributed by atoms with van der Waals surface area (Å²) >= 11 is 5.18. The van der Waals surface area contributed by atoms with Gasteiger partial charge in [-0.05, 0) is 61.6 Å². The molecule has 10 heteroatoms. The zero-order valence-corrected chi connectivity index (χ0v) is 18.3. The molecule has 0 aliphatic rings. The Morgan fingerprint density at radius 1 is 0.909 bits per heavy atom. The van der Waals surface area contributed by atoms with E-state index in [1.807, 2.05) is 6.07 Å². The molecule has 3 aromatic rings.